The summed E-state index contributed by atoms with van der Waals surface area (Å²) < 4.78 is 0. The summed E-state index contributed by atoms with van der Waals surface area (Å²) in [5.74, 6) is 1.20. The van der Waals surface area contributed by atoms with Crippen LogP contribution >= 0.6 is 11.3 Å². The van der Waals surface area contributed by atoms with Gasteiger partial charge in [-0.1, -0.05) is 57.0 Å². The van der Waals surface area contributed by atoms with Gasteiger partial charge in [-0.15, -0.1) is 11.3 Å². The first-order valence-corrected chi connectivity index (χ1v) is 17.6. The van der Waals surface area contributed by atoms with Crippen molar-refractivity contribution in [2.24, 2.45) is 23.7 Å². The van der Waals surface area contributed by atoms with E-state index < -0.39 is 17.9 Å². The molecule has 1 aromatic carbocycles. The molecule has 0 radical (unpaired) electrons. The highest BCUT2D eigenvalue weighted by atomic mass is 32.1. The number of likely N-dealkylation sites (tertiary alicyclic amines) is 1. The van der Waals surface area contributed by atoms with Gasteiger partial charge in [-0.05, 0) is 79.5 Å². The summed E-state index contributed by atoms with van der Waals surface area (Å²) in [7, 11) is 0. The predicted octanol–water partition coefficient (Wildman–Crippen LogP) is 6.66. The third-order valence-electron chi connectivity index (χ3n) is 10.2. The highest BCUT2D eigenvalue weighted by molar-refractivity contribution is 7.14. The molecule has 1 saturated carbocycles. The second-order valence-electron chi connectivity index (χ2n) is 13.4. The number of carbonyl (C=O) groups is 3. The largest absolute Gasteiger partial charge is 0.481 e. The molecule has 242 valence electrons. The Kier molecular flexibility index (Phi) is 9.97. The first-order chi connectivity index (χ1) is 22.3. The number of aromatic nitrogens is 2. The van der Waals surface area contributed by atoms with Gasteiger partial charge in [0.15, 0.2) is 5.82 Å². The maximum absolute atomic E-state index is 13.4. The molecular formula is C37H44N4O4S. The third kappa shape index (κ3) is 7.41. The van der Waals surface area contributed by atoms with E-state index >= 15 is 0 Å². The highest BCUT2D eigenvalue weighted by Crippen LogP contribution is 2.41. The number of carbonyl (C=O) groups excluding carboxylic acids is 2. The Bertz CT molecular complexity index is 1570. The van der Waals surface area contributed by atoms with Crippen LogP contribution in [-0.4, -0.2) is 56.9 Å². The van der Waals surface area contributed by atoms with Crippen LogP contribution in [0, 0.1) is 23.7 Å². The van der Waals surface area contributed by atoms with E-state index in [0.29, 0.717) is 17.1 Å². The van der Waals surface area contributed by atoms with E-state index in [1.165, 1.54) is 53.9 Å². The molecule has 9 heteroatoms. The van der Waals surface area contributed by atoms with Crippen LogP contribution in [0.25, 0.3) is 17.0 Å². The average molecular weight is 641 g/mol. The lowest BCUT2D eigenvalue weighted by Gasteiger charge is -2.38. The lowest BCUT2D eigenvalue weighted by Crippen LogP contribution is -2.59. The van der Waals surface area contributed by atoms with Gasteiger partial charge in [0, 0.05) is 47.9 Å². The van der Waals surface area contributed by atoms with Crippen LogP contribution in [0.4, 0.5) is 0 Å². The summed E-state index contributed by atoms with van der Waals surface area (Å²) in [6.07, 6.45) is 16.4. The molecule has 2 amide bonds. The number of nitrogens with one attached hydrogen (secondary N) is 1. The molecule has 1 saturated heterocycles. The number of aryl methyl sites for hydroxylation is 1. The molecule has 2 fully saturated rings. The highest BCUT2D eigenvalue weighted by Gasteiger charge is 2.39. The fourth-order valence-corrected chi connectivity index (χ4v) is 7.98. The Morgan fingerprint density at radius 1 is 0.957 bits per heavy atom. The van der Waals surface area contributed by atoms with E-state index in [4.69, 9.17) is 0 Å². The van der Waals surface area contributed by atoms with E-state index in [1.54, 1.807) is 6.07 Å². The van der Waals surface area contributed by atoms with Crippen molar-refractivity contribution in [2.75, 3.05) is 13.1 Å². The zero-order valence-corrected chi connectivity index (χ0v) is 27.6. The van der Waals surface area contributed by atoms with Crippen LogP contribution in [0.1, 0.15) is 84.5 Å². The summed E-state index contributed by atoms with van der Waals surface area (Å²) in [6.45, 7) is 4.73. The summed E-state index contributed by atoms with van der Waals surface area (Å²) >= 11 is 1.42. The molecule has 1 unspecified atom stereocenters. The van der Waals surface area contributed by atoms with Crippen molar-refractivity contribution in [3.05, 3.63) is 75.7 Å². The van der Waals surface area contributed by atoms with Gasteiger partial charge in [0.25, 0.3) is 5.91 Å². The van der Waals surface area contributed by atoms with E-state index in [0.717, 1.165) is 58.6 Å². The average Bonchev–Trinajstić information content (AvgIpc) is 3.54. The summed E-state index contributed by atoms with van der Waals surface area (Å²) in [4.78, 5) is 50.3. The number of amides is 2. The van der Waals surface area contributed by atoms with Crippen LogP contribution in [-0.2, 0) is 22.4 Å². The third-order valence-corrected chi connectivity index (χ3v) is 11.5. The molecule has 2 N–H and O–H groups in total. The number of carboxylic acids is 1. The standard InChI is InChI=1S/C37H44N4O4S/c1-3-31-16-17-33(46-31)35(42)40-32(36(43)41-21-30(22-41)37(44)45)18-24-6-10-28(11-7-24)34-38-19-29(20-39-34)27-14-12-26(13-15-27)25-8-4-23(2)5-9-25/h6-7,10-11,14,16-17,19-20,23,25-26,30,32H,3-5,8-9,12-13,15,18,21-22H2,1-2H3,(H,40,42)(H,44,45)/t23-,25-,26?,32-/m0/s1. The monoisotopic (exact) mass is 640 g/mol. The van der Waals surface area contributed by atoms with Gasteiger partial charge in [-0.3, -0.25) is 14.4 Å². The molecule has 0 spiro atoms. The van der Waals surface area contributed by atoms with Crippen LogP contribution in [0.15, 0.2) is 54.9 Å². The molecule has 8 nitrogen and oxygen atoms in total. The molecule has 2 atom stereocenters. The summed E-state index contributed by atoms with van der Waals surface area (Å²) in [6, 6.07) is 10.7. The lowest BCUT2D eigenvalue weighted by atomic mass is 9.71. The second kappa shape index (κ2) is 14.3. The first-order valence-electron chi connectivity index (χ1n) is 16.8. The Labute approximate surface area is 275 Å². The molecule has 2 aromatic heterocycles. The number of hydrogen-bond donors (Lipinski definition) is 2. The number of nitrogens with zero attached hydrogens (tertiary/aromatic N) is 3. The maximum Gasteiger partial charge on any atom is 0.310 e. The molecule has 3 aliphatic rings. The van der Waals surface area contributed by atoms with Gasteiger partial charge < -0.3 is 15.3 Å². The van der Waals surface area contributed by atoms with E-state index in [1.807, 2.05) is 49.6 Å². The molecule has 46 heavy (non-hydrogen) atoms. The number of allylic oxidation sites excluding steroid dienone is 2. The Balaban J connectivity index is 1.09. The fraction of sp³-hybridized carbons (Fsp3) is 0.486. The molecule has 1 aliphatic heterocycles. The zero-order chi connectivity index (χ0) is 32.2. The van der Waals surface area contributed by atoms with Crippen molar-refractivity contribution in [1.82, 2.24) is 20.2 Å². The first kappa shape index (κ1) is 32.1. The molecule has 6 rings (SSSR count). The van der Waals surface area contributed by atoms with Crippen molar-refractivity contribution in [3.8, 4) is 11.4 Å². The number of thiophene rings is 1. The molecule has 3 heterocycles. The minimum absolute atomic E-state index is 0.156. The minimum atomic E-state index is -0.908. The van der Waals surface area contributed by atoms with Crippen LogP contribution < -0.4 is 5.32 Å². The van der Waals surface area contributed by atoms with Gasteiger partial charge in [0.2, 0.25) is 5.91 Å². The zero-order valence-electron chi connectivity index (χ0n) is 26.8. The topological polar surface area (TPSA) is 112 Å². The van der Waals surface area contributed by atoms with Crippen molar-refractivity contribution >= 4 is 34.7 Å². The molecular weight excluding hydrogens is 596 g/mol. The van der Waals surface area contributed by atoms with E-state index in [9.17, 15) is 19.5 Å². The molecule has 2 aliphatic carbocycles. The Morgan fingerprint density at radius 3 is 2.28 bits per heavy atom. The van der Waals surface area contributed by atoms with Gasteiger partial charge in [0.1, 0.15) is 6.04 Å². The van der Waals surface area contributed by atoms with Gasteiger partial charge in [-0.25, -0.2) is 9.97 Å². The predicted molar refractivity (Wildman–Crippen MR) is 180 cm³/mol. The smallest absolute Gasteiger partial charge is 0.310 e. The number of aliphatic carboxylic acids is 1. The lowest BCUT2D eigenvalue weighted by molar-refractivity contribution is -0.153. The quantitative estimate of drug-likeness (QED) is 0.256. The number of hydrogen-bond acceptors (Lipinski definition) is 6. The summed E-state index contributed by atoms with van der Waals surface area (Å²) in [5, 5.41) is 12.2. The second-order valence-corrected chi connectivity index (χ2v) is 14.6. The maximum atomic E-state index is 13.4. The van der Waals surface area contributed by atoms with Gasteiger partial charge >= 0.3 is 5.97 Å². The van der Waals surface area contributed by atoms with Gasteiger partial charge in [0.05, 0.1) is 10.8 Å². The minimum Gasteiger partial charge on any atom is -0.481 e. The van der Waals surface area contributed by atoms with Crippen LogP contribution in [0.5, 0.6) is 0 Å². The van der Waals surface area contributed by atoms with Crippen LogP contribution in [0.3, 0.4) is 0 Å². The SMILES string of the molecule is CCc1ccc(C(=O)N[C@@H](Cc2ccc(-c3ncc(C4=CCC([C@H]5CC[C@H](C)CC5)CC4)cn3)cc2)C(=O)N2CC(C(=O)O)C2)s1. The van der Waals surface area contributed by atoms with Crippen molar-refractivity contribution in [2.45, 2.75) is 77.7 Å². The van der Waals surface area contributed by atoms with Crippen molar-refractivity contribution in [1.29, 1.82) is 0 Å². The Morgan fingerprint density at radius 2 is 1.67 bits per heavy atom. The molecule has 3 aromatic rings. The normalized spacial score (nSPS) is 22.4. The molecule has 0 bridgehead atoms. The summed E-state index contributed by atoms with van der Waals surface area (Å²) in [5.41, 5.74) is 4.21. The Hall–Kier alpha value is -3.85. The fourth-order valence-electron chi connectivity index (χ4n) is 7.13. The number of carboxylic acid groups (broad SMARTS) is 1. The van der Waals surface area contributed by atoms with E-state index in [2.05, 4.69) is 28.3 Å². The van der Waals surface area contributed by atoms with Crippen LogP contribution in [0.2, 0.25) is 0 Å². The number of rotatable bonds is 10. The van der Waals surface area contributed by atoms with Gasteiger partial charge in [-0.2, -0.15) is 0 Å². The number of benzene rings is 1. The van der Waals surface area contributed by atoms with E-state index in [-0.39, 0.29) is 24.9 Å². The van der Waals surface area contributed by atoms with Crippen molar-refractivity contribution in [3.63, 3.8) is 0 Å². The van der Waals surface area contributed by atoms with Crippen molar-refractivity contribution < 1.29 is 19.5 Å².